The lowest BCUT2D eigenvalue weighted by Gasteiger charge is -2.27. The molecular formula is C11H14FN. The van der Waals surface area contributed by atoms with Gasteiger partial charge in [-0.3, -0.25) is 0 Å². The molecule has 1 nitrogen and oxygen atoms in total. The van der Waals surface area contributed by atoms with Crippen LogP contribution in [0.4, 0.5) is 10.1 Å². The first-order chi connectivity index (χ1) is 6.25. The van der Waals surface area contributed by atoms with Crippen molar-refractivity contribution in [1.82, 2.24) is 0 Å². The highest BCUT2D eigenvalue weighted by Crippen LogP contribution is 2.23. The molecule has 0 unspecified atom stereocenters. The zero-order valence-electron chi connectivity index (χ0n) is 7.81. The molecule has 1 fully saturated rings. The molecule has 0 spiro atoms. The van der Waals surface area contributed by atoms with Gasteiger partial charge in [0.05, 0.1) is 0 Å². The van der Waals surface area contributed by atoms with E-state index in [-0.39, 0.29) is 5.82 Å². The van der Waals surface area contributed by atoms with Crippen molar-refractivity contribution in [3.8, 4) is 0 Å². The van der Waals surface area contributed by atoms with Gasteiger partial charge in [0.25, 0.3) is 0 Å². The summed E-state index contributed by atoms with van der Waals surface area (Å²) >= 11 is 0. The molecule has 2 rings (SSSR count). The standard InChI is InChI=1S/C11H14FN/c1-8-5-6-10(7-11(8)12)13-9-3-2-4-9/h5-7,9,13H,2-4H2,1H3. The molecule has 0 aliphatic heterocycles. The molecule has 0 heterocycles. The van der Waals surface area contributed by atoms with E-state index in [2.05, 4.69) is 5.32 Å². The van der Waals surface area contributed by atoms with Gasteiger partial charge in [0, 0.05) is 11.7 Å². The van der Waals surface area contributed by atoms with Gasteiger partial charge >= 0.3 is 0 Å². The number of hydrogen-bond acceptors (Lipinski definition) is 1. The van der Waals surface area contributed by atoms with E-state index in [1.54, 1.807) is 13.0 Å². The number of nitrogens with one attached hydrogen (secondary N) is 1. The molecule has 1 aliphatic rings. The summed E-state index contributed by atoms with van der Waals surface area (Å²) < 4.78 is 13.1. The lowest BCUT2D eigenvalue weighted by atomic mass is 9.93. The third-order valence-corrected chi connectivity index (χ3v) is 2.65. The van der Waals surface area contributed by atoms with Crippen molar-refractivity contribution >= 4 is 5.69 Å². The minimum absolute atomic E-state index is 0.121. The first-order valence-electron chi connectivity index (χ1n) is 4.78. The summed E-state index contributed by atoms with van der Waals surface area (Å²) in [5, 5.41) is 3.31. The van der Waals surface area contributed by atoms with E-state index in [1.165, 1.54) is 19.3 Å². The quantitative estimate of drug-likeness (QED) is 0.735. The number of aryl methyl sites for hydroxylation is 1. The molecule has 1 N–H and O–H groups in total. The SMILES string of the molecule is Cc1ccc(NC2CCC2)cc1F. The smallest absolute Gasteiger partial charge is 0.128 e. The highest BCUT2D eigenvalue weighted by molar-refractivity contribution is 5.46. The lowest BCUT2D eigenvalue weighted by molar-refractivity contribution is 0.445. The summed E-state index contributed by atoms with van der Waals surface area (Å²) in [5.41, 5.74) is 1.62. The molecule has 13 heavy (non-hydrogen) atoms. The zero-order chi connectivity index (χ0) is 9.26. The van der Waals surface area contributed by atoms with Crippen molar-refractivity contribution in [2.45, 2.75) is 32.2 Å². The van der Waals surface area contributed by atoms with Crippen LogP contribution >= 0.6 is 0 Å². The fourth-order valence-corrected chi connectivity index (χ4v) is 1.47. The summed E-state index contributed by atoms with van der Waals surface area (Å²) in [7, 11) is 0. The molecular weight excluding hydrogens is 165 g/mol. The van der Waals surface area contributed by atoms with E-state index in [1.807, 2.05) is 12.1 Å². The summed E-state index contributed by atoms with van der Waals surface area (Å²) in [6.45, 7) is 1.78. The molecule has 0 bridgehead atoms. The molecule has 2 heteroatoms. The fourth-order valence-electron chi connectivity index (χ4n) is 1.47. The zero-order valence-corrected chi connectivity index (χ0v) is 7.81. The molecule has 0 radical (unpaired) electrons. The number of rotatable bonds is 2. The predicted molar refractivity (Wildman–Crippen MR) is 52.4 cm³/mol. The van der Waals surface area contributed by atoms with Gasteiger partial charge < -0.3 is 5.32 Å². The van der Waals surface area contributed by atoms with E-state index in [0.717, 1.165) is 5.69 Å². The van der Waals surface area contributed by atoms with Crippen LogP contribution in [0.3, 0.4) is 0 Å². The van der Waals surface area contributed by atoms with Gasteiger partial charge in [0.2, 0.25) is 0 Å². The van der Waals surface area contributed by atoms with Crippen LogP contribution in [0, 0.1) is 12.7 Å². The first-order valence-corrected chi connectivity index (χ1v) is 4.78. The van der Waals surface area contributed by atoms with Crippen molar-refractivity contribution in [1.29, 1.82) is 0 Å². The molecule has 1 aliphatic carbocycles. The highest BCUT2D eigenvalue weighted by Gasteiger charge is 2.16. The maximum atomic E-state index is 13.1. The third-order valence-electron chi connectivity index (χ3n) is 2.65. The van der Waals surface area contributed by atoms with Gasteiger partial charge in [-0.2, -0.15) is 0 Å². The van der Waals surface area contributed by atoms with Crippen LogP contribution < -0.4 is 5.32 Å². The van der Waals surface area contributed by atoms with Crippen molar-refractivity contribution in [3.05, 3.63) is 29.6 Å². The van der Waals surface area contributed by atoms with E-state index in [4.69, 9.17) is 0 Å². The van der Waals surface area contributed by atoms with Crippen LogP contribution in [0.15, 0.2) is 18.2 Å². The second kappa shape index (κ2) is 3.36. The number of hydrogen-bond donors (Lipinski definition) is 1. The molecule has 0 atom stereocenters. The minimum atomic E-state index is -0.121. The predicted octanol–water partition coefficient (Wildman–Crippen LogP) is 3.10. The topological polar surface area (TPSA) is 12.0 Å². The normalized spacial score (nSPS) is 16.8. The Morgan fingerprint density at radius 1 is 1.38 bits per heavy atom. The molecule has 70 valence electrons. The van der Waals surface area contributed by atoms with Gasteiger partial charge in [0.15, 0.2) is 0 Å². The van der Waals surface area contributed by atoms with Crippen LogP contribution in [-0.4, -0.2) is 6.04 Å². The summed E-state index contributed by atoms with van der Waals surface area (Å²) in [4.78, 5) is 0. The van der Waals surface area contributed by atoms with Crippen LogP contribution in [0.1, 0.15) is 24.8 Å². The summed E-state index contributed by atoms with van der Waals surface area (Å²) in [6, 6.07) is 5.91. The van der Waals surface area contributed by atoms with Crippen LogP contribution in [0.25, 0.3) is 0 Å². The van der Waals surface area contributed by atoms with Crippen molar-refractivity contribution < 1.29 is 4.39 Å². The van der Waals surface area contributed by atoms with Crippen LogP contribution in [0.2, 0.25) is 0 Å². The van der Waals surface area contributed by atoms with Crippen molar-refractivity contribution in [3.63, 3.8) is 0 Å². The largest absolute Gasteiger partial charge is 0.382 e. The second-order valence-electron chi connectivity index (χ2n) is 3.74. The maximum absolute atomic E-state index is 13.1. The molecule has 1 saturated carbocycles. The molecule has 1 aromatic rings. The van der Waals surface area contributed by atoms with Crippen LogP contribution in [0.5, 0.6) is 0 Å². The number of benzene rings is 1. The lowest BCUT2D eigenvalue weighted by Crippen LogP contribution is -2.26. The van der Waals surface area contributed by atoms with E-state index < -0.39 is 0 Å². The Balaban J connectivity index is 2.07. The van der Waals surface area contributed by atoms with Gasteiger partial charge in [0.1, 0.15) is 5.82 Å². The molecule has 1 aromatic carbocycles. The monoisotopic (exact) mass is 179 g/mol. The summed E-state index contributed by atoms with van der Waals surface area (Å²) in [6.07, 6.45) is 3.73. The van der Waals surface area contributed by atoms with Crippen molar-refractivity contribution in [2.75, 3.05) is 5.32 Å². The highest BCUT2D eigenvalue weighted by atomic mass is 19.1. The number of anilines is 1. The molecule has 0 amide bonds. The molecule has 0 saturated heterocycles. The fraction of sp³-hybridized carbons (Fsp3) is 0.455. The minimum Gasteiger partial charge on any atom is -0.382 e. The van der Waals surface area contributed by atoms with E-state index >= 15 is 0 Å². The van der Waals surface area contributed by atoms with E-state index in [9.17, 15) is 4.39 Å². The van der Waals surface area contributed by atoms with Crippen molar-refractivity contribution in [2.24, 2.45) is 0 Å². The van der Waals surface area contributed by atoms with Gasteiger partial charge in [-0.15, -0.1) is 0 Å². The Morgan fingerprint density at radius 2 is 2.15 bits per heavy atom. The Bertz CT molecular complexity index is 305. The molecule has 0 aromatic heterocycles. The second-order valence-corrected chi connectivity index (χ2v) is 3.74. The van der Waals surface area contributed by atoms with E-state index in [0.29, 0.717) is 11.6 Å². The average molecular weight is 179 g/mol. The number of halogens is 1. The Labute approximate surface area is 78.0 Å². The van der Waals surface area contributed by atoms with Gasteiger partial charge in [-0.05, 0) is 43.9 Å². The average Bonchev–Trinajstić information content (AvgIpc) is 2.04. The van der Waals surface area contributed by atoms with Crippen LogP contribution in [-0.2, 0) is 0 Å². The Morgan fingerprint density at radius 3 is 2.69 bits per heavy atom. The van der Waals surface area contributed by atoms with Gasteiger partial charge in [-0.1, -0.05) is 6.07 Å². The maximum Gasteiger partial charge on any atom is 0.128 e. The first kappa shape index (κ1) is 8.54. The Kier molecular flexibility index (Phi) is 2.21. The van der Waals surface area contributed by atoms with Gasteiger partial charge in [-0.25, -0.2) is 4.39 Å². The Hall–Kier alpha value is -1.05. The summed E-state index contributed by atoms with van der Waals surface area (Å²) in [5.74, 6) is -0.121. The third kappa shape index (κ3) is 1.82.